The average Bonchev–Trinajstić information content (AvgIpc) is 2.33. The van der Waals surface area contributed by atoms with Crippen LogP contribution < -0.4 is 30.6 Å². The van der Waals surface area contributed by atoms with Gasteiger partial charge in [0.05, 0.1) is 35.8 Å². The van der Waals surface area contributed by atoms with Crippen molar-refractivity contribution in [3.63, 3.8) is 0 Å². The first-order valence-corrected chi connectivity index (χ1v) is 6.47. The van der Waals surface area contributed by atoms with Crippen molar-refractivity contribution in [2.24, 2.45) is 0 Å². The fourth-order valence-corrected chi connectivity index (χ4v) is 1.43. The Morgan fingerprint density at radius 2 is 0.483 bits per heavy atom. The first-order valence-electron chi connectivity index (χ1n) is 6.47. The van der Waals surface area contributed by atoms with Crippen LogP contribution in [-0.2, 0) is 28.8 Å². The Kier molecular flexibility index (Phi) is 33.9. The molecule has 148 valence electrons. The molecule has 0 aromatic carbocycles. The molecule has 0 spiro atoms. The van der Waals surface area contributed by atoms with Gasteiger partial charge >= 0.3 is 147 Å². The van der Waals surface area contributed by atoms with E-state index < -0.39 is 75.1 Å². The molecular weight excluding hydrogens is 776 g/mol. The largest absolute Gasteiger partial charge is 2.00 e. The number of carbonyl (C=O) groups excluding carboxylic acids is 6. The summed E-state index contributed by atoms with van der Waals surface area (Å²) in [6, 6.07) is 0. The van der Waals surface area contributed by atoms with Crippen molar-refractivity contribution >= 4 is 182 Å². The summed E-state index contributed by atoms with van der Waals surface area (Å²) in [5.41, 5.74) is 0. The molecule has 0 bridgehead atoms. The topological polar surface area (TPSA) is 247 Å². The number of hydrogen-bond acceptors (Lipinski definition) is 14. The van der Waals surface area contributed by atoms with Crippen LogP contribution in [0.5, 0.6) is 0 Å². The van der Waals surface area contributed by atoms with Crippen molar-refractivity contribution in [1.29, 1.82) is 0 Å². The van der Waals surface area contributed by atoms with Crippen LogP contribution in [0.4, 0.5) is 0 Å². The van der Waals surface area contributed by atoms with E-state index in [0.717, 1.165) is 0 Å². The number of rotatable bonds is 12. The SMILES string of the molecule is O=C([O-])CN(CC(=O)[O-])CC(=O)[O-].O=C([O-])CN(CC(=O)[O-])CC(=O)[O-].[Ba+2].[Ba+2].[Ba+2]. The molecule has 17 heteroatoms. The molecular formula is C12H12Ba3N2O12. The van der Waals surface area contributed by atoms with E-state index >= 15 is 0 Å². The molecule has 0 aliphatic rings. The van der Waals surface area contributed by atoms with Crippen molar-refractivity contribution in [3.8, 4) is 0 Å². The molecule has 0 aromatic rings. The number of hydrogen-bond donors (Lipinski definition) is 0. The van der Waals surface area contributed by atoms with Crippen molar-refractivity contribution in [2.45, 2.75) is 0 Å². The zero-order valence-electron chi connectivity index (χ0n) is 15.2. The van der Waals surface area contributed by atoms with Crippen LogP contribution in [0.15, 0.2) is 0 Å². The minimum atomic E-state index is -1.57. The molecule has 0 amide bonds. The Morgan fingerprint density at radius 3 is 0.552 bits per heavy atom. The van der Waals surface area contributed by atoms with E-state index in [-0.39, 0.29) is 147 Å². The minimum Gasteiger partial charge on any atom is -0.549 e. The van der Waals surface area contributed by atoms with Gasteiger partial charge in [-0.1, -0.05) is 0 Å². The molecule has 29 heavy (non-hydrogen) atoms. The van der Waals surface area contributed by atoms with Gasteiger partial charge in [-0.05, 0) is 0 Å². The number of carboxylic acids is 6. The van der Waals surface area contributed by atoms with Crippen LogP contribution in [0.3, 0.4) is 0 Å². The van der Waals surface area contributed by atoms with E-state index in [2.05, 4.69) is 0 Å². The Morgan fingerprint density at radius 1 is 0.379 bits per heavy atom. The zero-order chi connectivity index (χ0) is 20.9. The maximum Gasteiger partial charge on any atom is 2.00 e. The Balaban J connectivity index is -0.000000120. The normalized spacial score (nSPS) is 8.90. The van der Waals surface area contributed by atoms with Gasteiger partial charge < -0.3 is 59.4 Å². The van der Waals surface area contributed by atoms with Crippen molar-refractivity contribution in [2.75, 3.05) is 39.3 Å². The number of aliphatic carboxylic acids is 6. The molecule has 14 nitrogen and oxygen atoms in total. The van der Waals surface area contributed by atoms with Crippen LogP contribution in [0.25, 0.3) is 0 Å². The molecule has 0 rings (SSSR count). The van der Waals surface area contributed by atoms with Gasteiger partial charge in [-0.2, -0.15) is 0 Å². The second-order valence-electron chi connectivity index (χ2n) is 4.52. The number of nitrogens with zero attached hydrogens (tertiary/aromatic N) is 2. The molecule has 0 unspecified atom stereocenters. The predicted molar refractivity (Wildman–Crippen MR) is 80.2 cm³/mol. The molecule has 0 aliphatic carbocycles. The Bertz CT molecular complexity index is 436. The summed E-state index contributed by atoms with van der Waals surface area (Å²) in [7, 11) is 0. The van der Waals surface area contributed by atoms with Gasteiger partial charge in [0.15, 0.2) is 0 Å². The molecule has 0 saturated heterocycles. The van der Waals surface area contributed by atoms with Crippen LogP contribution >= 0.6 is 0 Å². The van der Waals surface area contributed by atoms with E-state index in [4.69, 9.17) is 0 Å². The van der Waals surface area contributed by atoms with E-state index in [9.17, 15) is 59.4 Å². The van der Waals surface area contributed by atoms with E-state index in [1.54, 1.807) is 0 Å². The molecule has 0 N–H and O–H groups in total. The van der Waals surface area contributed by atoms with Crippen LogP contribution in [0, 0.1) is 0 Å². The summed E-state index contributed by atoms with van der Waals surface area (Å²) >= 11 is 0. The van der Waals surface area contributed by atoms with Crippen LogP contribution in [0.1, 0.15) is 0 Å². The molecule has 0 saturated carbocycles. The third-order valence-corrected chi connectivity index (χ3v) is 2.12. The molecule has 0 heterocycles. The Labute approximate surface area is 285 Å². The fourth-order valence-electron chi connectivity index (χ4n) is 1.43. The van der Waals surface area contributed by atoms with E-state index in [0.29, 0.717) is 9.80 Å². The summed E-state index contributed by atoms with van der Waals surface area (Å²) in [5.74, 6) is -9.40. The molecule has 0 fully saturated rings. The van der Waals surface area contributed by atoms with Crippen molar-refractivity contribution in [3.05, 3.63) is 0 Å². The maximum atomic E-state index is 9.99. The minimum absolute atomic E-state index is 0. The number of carbonyl (C=O) groups is 6. The second-order valence-corrected chi connectivity index (χ2v) is 4.52. The first kappa shape index (κ1) is 40.8. The fraction of sp³-hybridized carbons (Fsp3) is 0.500. The van der Waals surface area contributed by atoms with E-state index in [1.807, 2.05) is 0 Å². The van der Waals surface area contributed by atoms with Gasteiger partial charge in [0.2, 0.25) is 0 Å². The van der Waals surface area contributed by atoms with Crippen molar-refractivity contribution < 1.29 is 59.4 Å². The quantitative estimate of drug-likeness (QED) is 0.167. The van der Waals surface area contributed by atoms with Gasteiger partial charge in [0.25, 0.3) is 0 Å². The standard InChI is InChI=1S/2C6H9NO6.3Ba/c2*8-4(9)1-7(2-5(10)11)3-6(12)13;;;/h2*1-3H2,(H,8,9)(H,10,11)(H,12,13);;;/q;;3*+2/p-6. The van der Waals surface area contributed by atoms with Gasteiger partial charge in [-0.25, -0.2) is 0 Å². The second kappa shape index (κ2) is 24.1. The predicted octanol–water partition coefficient (Wildman–Crippen LogP) is -12.1. The van der Waals surface area contributed by atoms with Crippen molar-refractivity contribution in [1.82, 2.24) is 9.80 Å². The monoisotopic (exact) mass is 790 g/mol. The summed E-state index contributed by atoms with van der Waals surface area (Å²) in [4.78, 5) is 61.2. The smallest absolute Gasteiger partial charge is 0.549 e. The molecule has 0 aromatic heterocycles. The number of carboxylic acid groups (broad SMARTS) is 6. The Hall–Kier alpha value is 1.45. The van der Waals surface area contributed by atoms with Gasteiger partial charge in [-0.3, -0.25) is 9.80 Å². The summed E-state index contributed by atoms with van der Waals surface area (Å²) in [6.07, 6.45) is 0. The summed E-state index contributed by atoms with van der Waals surface area (Å²) < 4.78 is 0. The molecule has 0 radical (unpaired) electrons. The van der Waals surface area contributed by atoms with Gasteiger partial charge in [0, 0.05) is 39.3 Å². The van der Waals surface area contributed by atoms with Gasteiger partial charge in [-0.15, -0.1) is 0 Å². The first-order chi connectivity index (χ1) is 11.8. The average molecular weight is 788 g/mol. The van der Waals surface area contributed by atoms with E-state index in [1.165, 1.54) is 0 Å². The molecule has 0 atom stereocenters. The zero-order valence-corrected chi connectivity index (χ0v) is 28.5. The van der Waals surface area contributed by atoms with Crippen LogP contribution in [-0.4, -0.2) is 232 Å². The summed E-state index contributed by atoms with van der Waals surface area (Å²) in [5, 5.41) is 60.0. The van der Waals surface area contributed by atoms with Gasteiger partial charge in [0.1, 0.15) is 0 Å². The summed E-state index contributed by atoms with van der Waals surface area (Å²) in [6.45, 7) is -4.74. The molecule has 0 aliphatic heterocycles. The van der Waals surface area contributed by atoms with Crippen LogP contribution in [0.2, 0.25) is 0 Å². The maximum absolute atomic E-state index is 9.99. The third-order valence-electron chi connectivity index (χ3n) is 2.12. The third kappa shape index (κ3) is 34.3.